The zero-order valence-corrected chi connectivity index (χ0v) is 10.7. The number of benzene rings is 1. The molecule has 2 heterocycles. The van der Waals surface area contributed by atoms with E-state index in [1.807, 2.05) is 6.07 Å². The van der Waals surface area contributed by atoms with E-state index in [-0.39, 0.29) is 17.8 Å². The molecule has 1 aromatic rings. The third-order valence-electron chi connectivity index (χ3n) is 5.01. The number of fused-ring (bicyclic) bond motifs is 2. The molecule has 100 valence electrons. The van der Waals surface area contributed by atoms with Crippen LogP contribution in [-0.2, 0) is 11.2 Å². The molecule has 4 heteroatoms. The molecule has 4 rings (SSSR count). The summed E-state index contributed by atoms with van der Waals surface area (Å²) < 4.78 is 13.7. The number of hydrogen-bond donors (Lipinski definition) is 1. The van der Waals surface area contributed by atoms with Gasteiger partial charge in [0, 0.05) is 17.8 Å². The summed E-state index contributed by atoms with van der Waals surface area (Å²) in [5.41, 5.74) is 1.47. The van der Waals surface area contributed by atoms with Gasteiger partial charge in [-0.05, 0) is 49.8 Å². The van der Waals surface area contributed by atoms with Crippen LogP contribution in [0.3, 0.4) is 0 Å². The number of nitrogens with one attached hydrogen (secondary N) is 1. The van der Waals surface area contributed by atoms with Crippen LogP contribution in [-0.4, -0.2) is 25.0 Å². The summed E-state index contributed by atoms with van der Waals surface area (Å²) in [6, 6.07) is 4.97. The van der Waals surface area contributed by atoms with Crippen LogP contribution in [0, 0.1) is 17.7 Å². The molecule has 1 aromatic carbocycles. The van der Waals surface area contributed by atoms with Crippen LogP contribution in [0.4, 0.5) is 10.1 Å². The highest BCUT2D eigenvalue weighted by Crippen LogP contribution is 2.42. The first kappa shape index (κ1) is 11.4. The fraction of sp³-hybridized carbons (Fsp3) is 0.533. The lowest BCUT2D eigenvalue weighted by atomic mass is 9.73. The van der Waals surface area contributed by atoms with Crippen LogP contribution in [0.1, 0.15) is 18.4 Å². The number of carbonyl (C=O) groups excluding carboxylic acids is 1. The maximum atomic E-state index is 13.7. The maximum Gasteiger partial charge on any atom is 0.244 e. The summed E-state index contributed by atoms with van der Waals surface area (Å²) in [7, 11) is 0. The normalized spacial score (nSPS) is 31.8. The summed E-state index contributed by atoms with van der Waals surface area (Å²) in [5.74, 6) is 1.14. The van der Waals surface area contributed by atoms with Gasteiger partial charge in [-0.15, -0.1) is 0 Å². The fourth-order valence-corrected chi connectivity index (χ4v) is 3.78. The molecular weight excluding hydrogens is 243 g/mol. The Labute approximate surface area is 111 Å². The van der Waals surface area contributed by atoms with E-state index < -0.39 is 0 Å². The lowest BCUT2D eigenvalue weighted by Gasteiger charge is -2.33. The second-order valence-corrected chi connectivity index (χ2v) is 5.86. The van der Waals surface area contributed by atoms with Gasteiger partial charge in [-0.3, -0.25) is 4.79 Å². The molecule has 0 radical (unpaired) electrons. The molecule has 1 saturated heterocycles. The largest absolute Gasteiger partial charge is 0.310 e. The van der Waals surface area contributed by atoms with Crippen molar-refractivity contribution in [1.29, 1.82) is 0 Å². The zero-order chi connectivity index (χ0) is 13.0. The van der Waals surface area contributed by atoms with Crippen LogP contribution < -0.4 is 10.2 Å². The Balaban J connectivity index is 1.61. The van der Waals surface area contributed by atoms with Crippen molar-refractivity contribution >= 4 is 11.6 Å². The van der Waals surface area contributed by atoms with Crippen molar-refractivity contribution in [3.05, 3.63) is 29.6 Å². The molecule has 1 aliphatic carbocycles. The molecule has 2 fully saturated rings. The Morgan fingerprint density at radius 1 is 1.37 bits per heavy atom. The van der Waals surface area contributed by atoms with Gasteiger partial charge in [0.15, 0.2) is 0 Å². The average molecular weight is 260 g/mol. The second-order valence-electron chi connectivity index (χ2n) is 5.86. The van der Waals surface area contributed by atoms with Crippen molar-refractivity contribution in [3.8, 4) is 0 Å². The quantitative estimate of drug-likeness (QED) is 0.833. The summed E-state index contributed by atoms with van der Waals surface area (Å²) in [5, 5.41) is 3.36. The Morgan fingerprint density at radius 2 is 2.26 bits per heavy atom. The molecule has 3 atom stereocenters. The molecule has 3 nitrogen and oxygen atoms in total. The molecule has 19 heavy (non-hydrogen) atoms. The SMILES string of the molecule is O=C([C@@H]1NC[C@@H]2CC[C@@H]21)N1CCc2c(F)cccc21. The van der Waals surface area contributed by atoms with Crippen molar-refractivity contribution in [1.82, 2.24) is 5.32 Å². The van der Waals surface area contributed by atoms with Gasteiger partial charge in [0.1, 0.15) is 5.82 Å². The van der Waals surface area contributed by atoms with E-state index in [4.69, 9.17) is 0 Å². The number of halogens is 1. The molecule has 1 saturated carbocycles. The predicted octanol–water partition coefficient (Wildman–Crippen LogP) is 1.71. The number of amides is 1. The van der Waals surface area contributed by atoms with Crippen LogP contribution in [0.2, 0.25) is 0 Å². The smallest absolute Gasteiger partial charge is 0.244 e. The molecule has 2 aliphatic heterocycles. The van der Waals surface area contributed by atoms with Gasteiger partial charge >= 0.3 is 0 Å². The first-order valence-electron chi connectivity index (χ1n) is 7.08. The van der Waals surface area contributed by atoms with E-state index in [1.54, 1.807) is 11.0 Å². The van der Waals surface area contributed by atoms with Gasteiger partial charge in [0.05, 0.1) is 6.04 Å². The topological polar surface area (TPSA) is 32.3 Å². The molecule has 3 aliphatic rings. The molecule has 0 bridgehead atoms. The van der Waals surface area contributed by atoms with E-state index in [1.165, 1.54) is 12.5 Å². The summed E-state index contributed by atoms with van der Waals surface area (Å²) in [6.07, 6.45) is 3.03. The Hall–Kier alpha value is -1.42. The molecule has 1 N–H and O–H groups in total. The maximum absolute atomic E-state index is 13.7. The Morgan fingerprint density at radius 3 is 3.00 bits per heavy atom. The first-order chi connectivity index (χ1) is 9.25. The third-order valence-corrected chi connectivity index (χ3v) is 5.01. The molecule has 0 unspecified atom stereocenters. The van der Waals surface area contributed by atoms with Crippen LogP contribution in [0.25, 0.3) is 0 Å². The van der Waals surface area contributed by atoms with E-state index in [2.05, 4.69) is 5.32 Å². The average Bonchev–Trinajstić information content (AvgIpc) is 2.91. The van der Waals surface area contributed by atoms with Gasteiger partial charge in [0.25, 0.3) is 0 Å². The molecule has 0 aromatic heterocycles. The van der Waals surface area contributed by atoms with Crippen molar-refractivity contribution in [2.75, 3.05) is 18.0 Å². The number of anilines is 1. The van der Waals surface area contributed by atoms with Gasteiger partial charge in [-0.25, -0.2) is 4.39 Å². The van der Waals surface area contributed by atoms with E-state index in [0.29, 0.717) is 30.4 Å². The highest BCUT2D eigenvalue weighted by Gasteiger charge is 2.47. The number of nitrogens with zero attached hydrogens (tertiary/aromatic N) is 1. The zero-order valence-electron chi connectivity index (χ0n) is 10.7. The molecule has 1 amide bonds. The van der Waals surface area contributed by atoms with Crippen molar-refractivity contribution in [2.24, 2.45) is 11.8 Å². The van der Waals surface area contributed by atoms with Crippen molar-refractivity contribution in [2.45, 2.75) is 25.3 Å². The Bertz CT molecular complexity index is 545. The highest BCUT2D eigenvalue weighted by molar-refractivity contribution is 5.99. The number of carbonyl (C=O) groups is 1. The minimum Gasteiger partial charge on any atom is -0.310 e. The predicted molar refractivity (Wildman–Crippen MR) is 70.5 cm³/mol. The third kappa shape index (κ3) is 1.56. The highest BCUT2D eigenvalue weighted by atomic mass is 19.1. The van der Waals surface area contributed by atoms with E-state index >= 15 is 0 Å². The van der Waals surface area contributed by atoms with Gasteiger partial charge in [0.2, 0.25) is 5.91 Å². The molecular formula is C15H17FN2O. The van der Waals surface area contributed by atoms with Crippen molar-refractivity contribution < 1.29 is 9.18 Å². The van der Waals surface area contributed by atoms with Crippen LogP contribution in [0.15, 0.2) is 18.2 Å². The monoisotopic (exact) mass is 260 g/mol. The van der Waals surface area contributed by atoms with Gasteiger partial charge < -0.3 is 10.2 Å². The lowest BCUT2D eigenvalue weighted by Crippen LogP contribution is -2.47. The summed E-state index contributed by atoms with van der Waals surface area (Å²) >= 11 is 0. The molecule has 0 spiro atoms. The minimum atomic E-state index is -0.186. The van der Waals surface area contributed by atoms with Crippen LogP contribution in [0.5, 0.6) is 0 Å². The van der Waals surface area contributed by atoms with Gasteiger partial charge in [-0.2, -0.15) is 0 Å². The van der Waals surface area contributed by atoms with Gasteiger partial charge in [-0.1, -0.05) is 6.07 Å². The standard InChI is InChI=1S/C15H17FN2O/c16-12-2-1-3-13-11(12)6-7-18(13)15(19)14-10-5-4-9(10)8-17-14/h1-3,9-10,14,17H,4-8H2/t9-,10-,14+/m0/s1. The lowest BCUT2D eigenvalue weighted by molar-refractivity contribution is -0.121. The van der Waals surface area contributed by atoms with Crippen LogP contribution >= 0.6 is 0 Å². The Kier molecular flexibility index (Phi) is 2.42. The summed E-state index contributed by atoms with van der Waals surface area (Å²) in [4.78, 5) is 14.4. The summed E-state index contributed by atoms with van der Waals surface area (Å²) in [6.45, 7) is 1.58. The number of hydrogen-bond acceptors (Lipinski definition) is 2. The minimum absolute atomic E-state index is 0.0482. The second kappa shape index (κ2) is 4.04. The first-order valence-corrected chi connectivity index (χ1v) is 7.08. The van der Waals surface area contributed by atoms with E-state index in [0.717, 1.165) is 18.7 Å². The number of rotatable bonds is 1. The van der Waals surface area contributed by atoms with Crippen molar-refractivity contribution in [3.63, 3.8) is 0 Å². The fourth-order valence-electron chi connectivity index (χ4n) is 3.78. The van der Waals surface area contributed by atoms with E-state index in [9.17, 15) is 9.18 Å².